The molecule has 0 spiro atoms. The largest absolute Gasteiger partial charge is 0.476 e. The monoisotopic (exact) mass is 329 g/mol. The number of carboxylic acids is 1. The fourth-order valence-electron chi connectivity index (χ4n) is 3.19. The van der Waals surface area contributed by atoms with E-state index in [0.29, 0.717) is 6.54 Å². The molecule has 1 aromatic carbocycles. The molecule has 0 bridgehead atoms. The van der Waals surface area contributed by atoms with Gasteiger partial charge in [-0.25, -0.2) is 9.48 Å². The normalized spacial score (nSPS) is 17.9. The molecule has 1 N–H and O–H groups in total. The average molecular weight is 329 g/mol. The third-order valence-corrected chi connectivity index (χ3v) is 4.48. The molecule has 1 aliphatic rings. The lowest BCUT2D eigenvalue weighted by atomic mass is 10.0. The number of hydrogen-bond donors (Lipinski definition) is 1. The molecule has 1 unspecified atom stereocenters. The zero-order chi connectivity index (χ0) is 17.3. The Bertz CT molecular complexity index is 859. The lowest BCUT2D eigenvalue weighted by Gasteiger charge is -2.33. The second kappa shape index (κ2) is 6.43. The number of nitrogens with zero attached hydrogens (tertiary/aromatic N) is 3. The number of piperidine rings is 1. The molecule has 1 saturated heterocycles. The van der Waals surface area contributed by atoms with Crippen LogP contribution < -0.4 is 5.56 Å². The van der Waals surface area contributed by atoms with Crippen LogP contribution in [-0.4, -0.2) is 44.3 Å². The van der Waals surface area contributed by atoms with Crippen molar-refractivity contribution < 1.29 is 14.7 Å². The molecular formula is C17H19N3O4. The highest BCUT2D eigenvalue weighted by molar-refractivity contribution is 6.01. The Kier molecular flexibility index (Phi) is 4.33. The van der Waals surface area contributed by atoms with Crippen LogP contribution >= 0.6 is 0 Å². The number of rotatable bonds is 3. The molecule has 1 amide bonds. The van der Waals surface area contributed by atoms with Gasteiger partial charge >= 0.3 is 5.97 Å². The molecule has 0 saturated carbocycles. The van der Waals surface area contributed by atoms with Gasteiger partial charge in [0.1, 0.15) is 6.54 Å². The highest BCUT2D eigenvalue weighted by Crippen LogP contribution is 2.17. The van der Waals surface area contributed by atoms with Crippen LogP contribution in [0.2, 0.25) is 0 Å². The molecule has 7 heteroatoms. The van der Waals surface area contributed by atoms with Crippen LogP contribution in [0, 0.1) is 0 Å². The van der Waals surface area contributed by atoms with Gasteiger partial charge in [0.05, 0.1) is 5.39 Å². The molecule has 1 atom stereocenters. The van der Waals surface area contributed by atoms with Gasteiger partial charge < -0.3 is 10.0 Å². The molecule has 0 aliphatic carbocycles. The van der Waals surface area contributed by atoms with Crippen molar-refractivity contribution in [3.05, 3.63) is 40.3 Å². The van der Waals surface area contributed by atoms with Crippen LogP contribution in [0.4, 0.5) is 0 Å². The molecule has 24 heavy (non-hydrogen) atoms. The van der Waals surface area contributed by atoms with Gasteiger partial charge in [0, 0.05) is 18.0 Å². The fraction of sp³-hybridized carbons (Fsp3) is 0.412. The predicted octanol–water partition coefficient (Wildman–Crippen LogP) is 1.50. The summed E-state index contributed by atoms with van der Waals surface area (Å²) >= 11 is 0. The maximum Gasteiger partial charge on any atom is 0.357 e. The van der Waals surface area contributed by atoms with Crippen molar-refractivity contribution in [2.75, 3.05) is 6.54 Å². The summed E-state index contributed by atoms with van der Waals surface area (Å²) in [7, 11) is 0. The number of aromatic carboxylic acids is 1. The Morgan fingerprint density at radius 3 is 2.62 bits per heavy atom. The van der Waals surface area contributed by atoms with Crippen molar-refractivity contribution in [2.24, 2.45) is 0 Å². The van der Waals surface area contributed by atoms with E-state index in [1.807, 2.05) is 6.92 Å². The number of amides is 1. The second-order valence-corrected chi connectivity index (χ2v) is 6.09. The van der Waals surface area contributed by atoms with E-state index in [4.69, 9.17) is 0 Å². The quantitative estimate of drug-likeness (QED) is 0.921. The van der Waals surface area contributed by atoms with Gasteiger partial charge in [-0.1, -0.05) is 18.2 Å². The van der Waals surface area contributed by atoms with Crippen LogP contribution in [0.5, 0.6) is 0 Å². The first-order chi connectivity index (χ1) is 11.5. The van der Waals surface area contributed by atoms with Gasteiger partial charge in [0.25, 0.3) is 5.56 Å². The maximum absolute atomic E-state index is 12.5. The Morgan fingerprint density at radius 2 is 1.96 bits per heavy atom. The smallest absolute Gasteiger partial charge is 0.357 e. The third-order valence-electron chi connectivity index (χ3n) is 4.48. The zero-order valence-electron chi connectivity index (χ0n) is 13.4. The average Bonchev–Trinajstić information content (AvgIpc) is 2.57. The minimum Gasteiger partial charge on any atom is -0.476 e. The zero-order valence-corrected chi connectivity index (χ0v) is 13.4. The predicted molar refractivity (Wildman–Crippen MR) is 88.0 cm³/mol. The Hall–Kier alpha value is -2.70. The van der Waals surface area contributed by atoms with E-state index in [1.165, 1.54) is 0 Å². The van der Waals surface area contributed by atoms with Crippen LogP contribution in [0.3, 0.4) is 0 Å². The molecule has 126 valence electrons. The number of aromatic nitrogens is 2. The third kappa shape index (κ3) is 2.89. The minimum absolute atomic E-state index is 0.126. The van der Waals surface area contributed by atoms with E-state index in [1.54, 1.807) is 29.2 Å². The van der Waals surface area contributed by atoms with Crippen molar-refractivity contribution >= 4 is 22.6 Å². The Labute approximate surface area is 138 Å². The first-order valence-electron chi connectivity index (χ1n) is 8.01. The summed E-state index contributed by atoms with van der Waals surface area (Å²) in [6.07, 6.45) is 2.96. The lowest BCUT2D eigenvalue weighted by molar-refractivity contribution is -0.135. The molecule has 2 heterocycles. The fourth-order valence-corrected chi connectivity index (χ4v) is 3.19. The molecule has 1 fully saturated rings. The number of likely N-dealkylation sites (tertiary alicyclic amines) is 1. The van der Waals surface area contributed by atoms with Gasteiger partial charge in [-0.3, -0.25) is 9.59 Å². The van der Waals surface area contributed by atoms with Crippen molar-refractivity contribution in [3.63, 3.8) is 0 Å². The standard InChI is InChI=1S/C17H19N3O4/c1-11-6-4-5-9-19(11)14(21)10-20-16(22)13-8-3-2-7-12(13)15(18-20)17(23)24/h2-3,7-8,11H,4-6,9-10H2,1H3,(H,23,24). The molecule has 2 aromatic rings. The highest BCUT2D eigenvalue weighted by Gasteiger charge is 2.24. The van der Waals surface area contributed by atoms with E-state index in [9.17, 15) is 19.5 Å². The summed E-state index contributed by atoms with van der Waals surface area (Å²) in [4.78, 5) is 38.3. The first-order valence-corrected chi connectivity index (χ1v) is 8.01. The number of carbonyl (C=O) groups is 2. The minimum atomic E-state index is -1.22. The van der Waals surface area contributed by atoms with Crippen LogP contribution in [0.15, 0.2) is 29.1 Å². The van der Waals surface area contributed by atoms with Crippen molar-refractivity contribution in [2.45, 2.75) is 38.8 Å². The number of carbonyl (C=O) groups excluding carboxylic acids is 1. The second-order valence-electron chi connectivity index (χ2n) is 6.09. The van der Waals surface area contributed by atoms with Gasteiger partial charge in [0.15, 0.2) is 5.69 Å². The van der Waals surface area contributed by atoms with Crippen molar-refractivity contribution in [3.8, 4) is 0 Å². The Balaban J connectivity index is 2.00. The summed E-state index contributed by atoms with van der Waals surface area (Å²) in [6, 6.07) is 6.54. The van der Waals surface area contributed by atoms with Gasteiger partial charge in [-0.15, -0.1) is 0 Å². The van der Waals surface area contributed by atoms with Gasteiger partial charge in [0.2, 0.25) is 5.91 Å². The summed E-state index contributed by atoms with van der Waals surface area (Å²) in [6.45, 7) is 2.40. The molecule has 3 rings (SSSR count). The van der Waals surface area contributed by atoms with Gasteiger partial charge in [-0.05, 0) is 32.3 Å². The summed E-state index contributed by atoms with van der Waals surface area (Å²) in [5, 5.41) is 13.8. The topological polar surface area (TPSA) is 92.5 Å². The lowest BCUT2D eigenvalue weighted by Crippen LogP contribution is -2.45. The van der Waals surface area contributed by atoms with E-state index in [2.05, 4.69) is 5.10 Å². The molecular weight excluding hydrogens is 310 g/mol. The van der Waals surface area contributed by atoms with Crippen LogP contribution in [0.1, 0.15) is 36.7 Å². The SMILES string of the molecule is CC1CCCCN1C(=O)Cn1nc(C(=O)O)c2ccccc2c1=O. The van der Waals surface area contributed by atoms with Crippen LogP contribution in [-0.2, 0) is 11.3 Å². The highest BCUT2D eigenvalue weighted by atomic mass is 16.4. The summed E-state index contributed by atoms with van der Waals surface area (Å²) < 4.78 is 0.968. The molecule has 7 nitrogen and oxygen atoms in total. The van der Waals surface area contributed by atoms with Crippen molar-refractivity contribution in [1.29, 1.82) is 0 Å². The summed E-state index contributed by atoms with van der Waals surface area (Å²) in [5.74, 6) is -1.43. The first kappa shape index (κ1) is 16.2. The van der Waals surface area contributed by atoms with E-state index < -0.39 is 11.5 Å². The maximum atomic E-state index is 12.5. The Morgan fingerprint density at radius 1 is 1.25 bits per heavy atom. The molecule has 0 radical (unpaired) electrons. The van der Waals surface area contributed by atoms with Crippen LogP contribution in [0.25, 0.3) is 10.8 Å². The van der Waals surface area contributed by atoms with E-state index >= 15 is 0 Å². The van der Waals surface area contributed by atoms with E-state index in [-0.39, 0.29) is 35.0 Å². The molecule has 1 aromatic heterocycles. The molecule has 1 aliphatic heterocycles. The van der Waals surface area contributed by atoms with Gasteiger partial charge in [-0.2, -0.15) is 5.10 Å². The van der Waals surface area contributed by atoms with Crippen molar-refractivity contribution in [1.82, 2.24) is 14.7 Å². The number of fused-ring (bicyclic) bond motifs is 1. The number of carboxylic acid groups (broad SMARTS) is 1. The number of benzene rings is 1. The number of hydrogen-bond acceptors (Lipinski definition) is 4. The van der Waals surface area contributed by atoms with E-state index in [0.717, 1.165) is 23.9 Å². The summed E-state index contributed by atoms with van der Waals surface area (Å²) in [5.41, 5.74) is -0.668.